The minimum Gasteiger partial charge on any atom is -0.422 e. The van der Waals surface area contributed by atoms with Crippen LogP contribution in [0.4, 0.5) is 5.69 Å². The number of thiazole rings is 1. The fourth-order valence-corrected chi connectivity index (χ4v) is 7.42. The van der Waals surface area contributed by atoms with Crippen LogP contribution in [0.2, 0.25) is 0 Å². The van der Waals surface area contributed by atoms with Gasteiger partial charge in [0, 0.05) is 35.3 Å². The molecule has 3 aromatic carbocycles. The first-order valence-corrected chi connectivity index (χ1v) is 14.3. The van der Waals surface area contributed by atoms with Crippen LogP contribution >= 0.6 is 11.3 Å². The molecule has 0 radical (unpaired) electrons. The van der Waals surface area contributed by atoms with Crippen molar-refractivity contribution in [3.63, 3.8) is 0 Å². The number of benzene rings is 3. The Hall–Kier alpha value is -3.44. The summed E-state index contributed by atoms with van der Waals surface area (Å²) >= 11 is 1.56. The maximum atomic E-state index is 14.0. The molecule has 0 N–H and O–H groups in total. The van der Waals surface area contributed by atoms with Crippen LogP contribution in [0.3, 0.4) is 0 Å². The molecule has 0 saturated carbocycles. The molecule has 7 rings (SSSR count). The van der Waals surface area contributed by atoms with Crippen molar-refractivity contribution in [1.82, 2.24) is 4.98 Å². The summed E-state index contributed by atoms with van der Waals surface area (Å²) in [6.07, 6.45) is 2.13. The smallest absolute Gasteiger partial charge is 0.347 e. The fraction of sp³-hybridized carbons (Fsp3) is 0.333. The van der Waals surface area contributed by atoms with Crippen molar-refractivity contribution in [2.24, 2.45) is 0 Å². The second-order valence-corrected chi connectivity index (χ2v) is 13.3. The van der Waals surface area contributed by atoms with Gasteiger partial charge in [0.2, 0.25) is 0 Å². The zero-order chi connectivity index (χ0) is 26.4. The SMILES string of the molecule is Cc1ccc(-c2c(-c3nc4ccccc4s3)c(=O)oc3c4c5c(cc23)C(C)(C)CCN5CCC4(C)C)cc1. The molecule has 0 fully saturated rings. The lowest BCUT2D eigenvalue weighted by Gasteiger charge is -2.48. The van der Waals surface area contributed by atoms with E-state index < -0.39 is 0 Å². The van der Waals surface area contributed by atoms with Crippen molar-refractivity contribution < 1.29 is 4.42 Å². The summed E-state index contributed by atoms with van der Waals surface area (Å²) in [4.78, 5) is 21.5. The Kier molecular flexibility index (Phi) is 5.00. The summed E-state index contributed by atoms with van der Waals surface area (Å²) in [5.41, 5.74) is 8.79. The highest BCUT2D eigenvalue weighted by molar-refractivity contribution is 7.21. The Bertz CT molecular complexity index is 1770. The summed E-state index contributed by atoms with van der Waals surface area (Å²) in [7, 11) is 0. The number of aromatic nitrogens is 1. The van der Waals surface area contributed by atoms with Gasteiger partial charge in [0.25, 0.3) is 0 Å². The summed E-state index contributed by atoms with van der Waals surface area (Å²) in [6, 6.07) is 18.9. The maximum Gasteiger partial charge on any atom is 0.347 e. The van der Waals surface area contributed by atoms with Gasteiger partial charge in [0.1, 0.15) is 16.2 Å². The molecular weight excluding hydrogens is 488 g/mol. The van der Waals surface area contributed by atoms with Crippen LogP contribution in [0.1, 0.15) is 57.2 Å². The number of hydrogen-bond donors (Lipinski definition) is 0. The first kappa shape index (κ1) is 23.7. The van der Waals surface area contributed by atoms with Gasteiger partial charge in [-0.1, -0.05) is 69.7 Å². The molecule has 38 heavy (non-hydrogen) atoms. The van der Waals surface area contributed by atoms with Gasteiger partial charge >= 0.3 is 5.63 Å². The topological polar surface area (TPSA) is 46.3 Å². The van der Waals surface area contributed by atoms with Gasteiger partial charge < -0.3 is 9.32 Å². The molecule has 0 bridgehead atoms. The number of hydrogen-bond acceptors (Lipinski definition) is 5. The highest BCUT2D eigenvalue weighted by Crippen LogP contribution is 2.53. The molecule has 2 aliphatic heterocycles. The maximum absolute atomic E-state index is 14.0. The second-order valence-electron chi connectivity index (χ2n) is 12.3. The number of nitrogens with zero attached hydrogens (tertiary/aromatic N) is 2. The Balaban J connectivity index is 1.67. The van der Waals surface area contributed by atoms with Crippen LogP contribution < -0.4 is 10.5 Å². The quantitative estimate of drug-likeness (QED) is 0.220. The zero-order valence-corrected chi connectivity index (χ0v) is 23.5. The summed E-state index contributed by atoms with van der Waals surface area (Å²) in [5, 5.41) is 1.73. The molecule has 2 aromatic heterocycles. The van der Waals surface area contributed by atoms with Gasteiger partial charge in [-0.25, -0.2) is 9.78 Å². The highest BCUT2D eigenvalue weighted by atomic mass is 32.1. The third-order valence-electron chi connectivity index (χ3n) is 8.75. The van der Waals surface area contributed by atoms with Crippen LogP contribution in [-0.4, -0.2) is 18.1 Å². The van der Waals surface area contributed by atoms with Crippen LogP contribution in [0, 0.1) is 6.92 Å². The van der Waals surface area contributed by atoms with E-state index in [-0.39, 0.29) is 16.5 Å². The third-order valence-corrected chi connectivity index (χ3v) is 9.81. The Labute approximate surface area is 226 Å². The van der Waals surface area contributed by atoms with Gasteiger partial charge in [0.15, 0.2) is 0 Å². The first-order chi connectivity index (χ1) is 18.1. The molecule has 0 amide bonds. The van der Waals surface area contributed by atoms with Crippen molar-refractivity contribution in [3.8, 4) is 21.7 Å². The average molecular weight is 521 g/mol. The Morgan fingerprint density at radius 2 is 1.63 bits per heavy atom. The minimum absolute atomic E-state index is 0.0267. The molecule has 0 spiro atoms. The van der Waals surface area contributed by atoms with E-state index in [0.717, 1.165) is 58.2 Å². The van der Waals surface area contributed by atoms with E-state index in [1.54, 1.807) is 11.3 Å². The van der Waals surface area contributed by atoms with Crippen LogP contribution in [0.5, 0.6) is 0 Å². The highest BCUT2D eigenvalue weighted by Gasteiger charge is 2.42. The standard InChI is InChI=1S/C33H32N2O2S/c1-19-10-12-20(13-11-19)25-21-18-22-28-27(33(4,5)15-17-35(28)16-14-32(22,2)3)29(21)37-31(36)26(25)30-34-23-8-6-7-9-24(23)38-30/h6-13,18H,14-17H2,1-5H3. The van der Waals surface area contributed by atoms with Crippen LogP contribution in [0.15, 0.2) is 63.8 Å². The van der Waals surface area contributed by atoms with Gasteiger partial charge in [-0.3, -0.25) is 0 Å². The number of rotatable bonds is 2. The summed E-state index contributed by atoms with van der Waals surface area (Å²) < 4.78 is 7.45. The molecule has 192 valence electrons. The van der Waals surface area contributed by atoms with Crippen molar-refractivity contribution in [2.75, 3.05) is 18.0 Å². The summed E-state index contributed by atoms with van der Waals surface area (Å²) in [6.45, 7) is 13.5. The van der Waals surface area contributed by atoms with Gasteiger partial charge in [-0.15, -0.1) is 11.3 Å². The molecule has 4 nitrogen and oxygen atoms in total. The molecule has 0 atom stereocenters. The van der Waals surface area contributed by atoms with Gasteiger partial charge in [-0.05, 0) is 59.9 Å². The van der Waals surface area contributed by atoms with Crippen molar-refractivity contribution in [3.05, 3.63) is 81.7 Å². The average Bonchev–Trinajstić information content (AvgIpc) is 3.30. The van der Waals surface area contributed by atoms with E-state index in [0.29, 0.717) is 10.6 Å². The minimum atomic E-state index is -0.314. The number of fused-ring (bicyclic) bond motifs is 3. The van der Waals surface area contributed by atoms with Crippen LogP contribution in [0.25, 0.3) is 42.9 Å². The zero-order valence-electron chi connectivity index (χ0n) is 22.6. The Morgan fingerprint density at radius 1 is 0.921 bits per heavy atom. The summed E-state index contributed by atoms with van der Waals surface area (Å²) in [5.74, 6) is 0. The molecule has 0 unspecified atom stereocenters. The fourth-order valence-electron chi connectivity index (χ4n) is 6.42. The first-order valence-electron chi connectivity index (χ1n) is 13.5. The third kappa shape index (κ3) is 3.41. The second kappa shape index (κ2) is 8.03. The lowest BCUT2D eigenvalue weighted by molar-refractivity contribution is 0.399. The molecule has 5 heteroatoms. The monoisotopic (exact) mass is 520 g/mol. The van der Waals surface area contributed by atoms with Gasteiger partial charge in [0.05, 0.1) is 10.2 Å². The molecular formula is C33H32N2O2S. The lowest BCUT2D eigenvalue weighted by atomic mass is 9.68. The molecule has 0 saturated heterocycles. The largest absolute Gasteiger partial charge is 0.422 e. The van der Waals surface area contributed by atoms with Crippen molar-refractivity contribution in [1.29, 1.82) is 0 Å². The lowest BCUT2D eigenvalue weighted by Crippen LogP contribution is -2.44. The normalized spacial score (nSPS) is 17.7. The van der Waals surface area contributed by atoms with E-state index in [2.05, 4.69) is 75.9 Å². The van der Waals surface area contributed by atoms with Gasteiger partial charge in [-0.2, -0.15) is 0 Å². The van der Waals surface area contributed by atoms with E-state index in [4.69, 9.17) is 9.40 Å². The van der Waals surface area contributed by atoms with E-state index >= 15 is 0 Å². The molecule has 2 aliphatic rings. The molecule has 0 aliphatic carbocycles. The predicted octanol–water partition coefficient (Wildman–Crippen LogP) is 8.21. The predicted molar refractivity (Wildman–Crippen MR) is 159 cm³/mol. The number of anilines is 1. The number of aryl methyl sites for hydroxylation is 1. The van der Waals surface area contributed by atoms with Crippen LogP contribution in [-0.2, 0) is 10.8 Å². The van der Waals surface area contributed by atoms with E-state index in [1.165, 1.54) is 22.4 Å². The van der Waals surface area contributed by atoms with E-state index in [1.807, 2.05) is 18.2 Å². The number of para-hydroxylation sites is 1. The van der Waals surface area contributed by atoms with Crippen molar-refractivity contribution in [2.45, 2.75) is 58.3 Å². The van der Waals surface area contributed by atoms with Crippen molar-refractivity contribution >= 4 is 38.2 Å². The molecule has 5 aromatic rings. The van der Waals surface area contributed by atoms with E-state index in [9.17, 15) is 4.79 Å². The molecule has 4 heterocycles. The Morgan fingerprint density at radius 3 is 2.37 bits per heavy atom.